The number of aromatic nitrogens is 3. The predicted octanol–water partition coefficient (Wildman–Crippen LogP) is 4.36. The molecule has 0 saturated carbocycles. The van der Waals surface area contributed by atoms with Gasteiger partial charge >= 0.3 is 5.97 Å². The van der Waals surface area contributed by atoms with E-state index in [9.17, 15) is 4.79 Å². The minimum atomic E-state index is -0.421. The summed E-state index contributed by atoms with van der Waals surface area (Å²) in [6.07, 6.45) is 5.11. The molecule has 0 N–H and O–H groups in total. The van der Waals surface area contributed by atoms with Crippen LogP contribution in [-0.2, 0) is 17.8 Å². The summed E-state index contributed by atoms with van der Waals surface area (Å²) in [5.41, 5.74) is 4.06. The third-order valence-corrected chi connectivity index (χ3v) is 4.90. The Kier molecular flexibility index (Phi) is 4.20. The lowest BCUT2D eigenvalue weighted by atomic mass is 10.0. The van der Waals surface area contributed by atoms with E-state index in [1.54, 1.807) is 13.2 Å². The third kappa shape index (κ3) is 3.20. The van der Waals surface area contributed by atoms with Crippen LogP contribution in [0.2, 0.25) is 0 Å². The molecule has 0 unspecified atom stereocenters. The number of fused-ring (bicyclic) bond motifs is 2. The number of hydrogen-bond acceptors (Lipinski definition) is 7. The van der Waals surface area contributed by atoms with Gasteiger partial charge in [0.15, 0.2) is 6.61 Å². The zero-order valence-corrected chi connectivity index (χ0v) is 15.7. The number of nitrogens with zero attached hydrogens (tertiary/aromatic N) is 3. The summed E-state index contributed by atoms with van der Waals surface area (Å²) in [5.74, 6) is 1.04. The first-order valence-corrected chi connectivity index (χ1v) is 9.31. The van der Waals surface area contributed by atoms with Gasteiger partial charge in [0.25, 0.3) is 5.89 Å². The third-order valence-electron chi connectivity index (χ3n) is 4.90. The highest BCUT2D eigenvalue weighted by Gasteiger charge is 2.28. The predicted molar refractivity (Wildman–Crippen MR) is 105 cm³/mol. The van der Waals surface area contributed by atoms with Crippen LogP contribution in [0, 0.1) is 6.92 Å². The van der Waals surface area contributed by atoms with Gasteiger partial charge in [-0.3, -0.25) is 0 Å². The van der Waals surface area contributed by atoms with Gasteiger partial charge in [-0.15, -0.1) is 10.2 Å². The molecular weight excluding hydrogens is 370 g/mol. The first-order chi connectivity index (χ1) is 14.2. The number of carbonyl (C=O) groups excluding carboxylic acids is 1. The molecule has 7 nitrogen and oxygen atoms in total. The Labute approximate surface area is 166 Å². The molecule has 0 fully saturated rings. The summed E-state index contributed by atoms with van der Waals surface area (Å²) >= 11 is 0. The van der Waals surface area contributed by atoms with Crippen LogP contribution in [0.4, 0.5) is 0 Å². The fourth-order valence-corrected chi connectivity index (χ4v) is 3.65. The van der Waals surface area contributed by atoms with Crippen LogP contribution in [0.15, 0.2) is 51.5 Å². The molecule has 0 aliphatic heterocycles. The molecule has 1 aromatic carbocycles. The van der Waals surface area contributed by atoms with Crippen molar-refractivity contribution in [3.05, 3.63) is 77.0 Å². The molecule has 29 heavy (non-hydrogen) atoms. The molecular formula is C22H17N3O4. The Bertz CT molecular complexity index is 1240. The fourth-order valence-electron chi connectivity index (χ4n) is 3.65. The van der Waals surface area contributed by atoms with Gasteiger partial charge < -0.3 is 13.6 Å². The molecule has 5 rings (SSSR count). The van der Waals surface area contributed by atoms with Crippen LogP contribution in [-0.4, -0.2) is 21.2 Å². The summed E-state index contributed by atoms with van der Waals surface area (Å²) in [6.45, 7) is 1.62. The Morgan fingerprint density at radius 2 is 2.07 bits per heavy atom. The van der Waals surface area contributed by atoms with E-state index in [1.807, 2.05) is 42.5 Å². The Hall–Kier alpha value is -3.74. The van der Waals surface area contributed by atoms with Crippen molar-refractivity contribution in [1.29, 1.82) is 0 Å². The SMILES string of the molecule is Cc1nnc(COC(=O)c2c3c(nc4ccccc24)C(=Cc2ccco2)CC3)o1. The van der Waals surface area contributed by atoms with Crippen LogP contribution in [0.25, 0.3) is 22.6 Å². The quantitative estimate of drug-likeness (QED) is 0.480. The van der Waals surface area contributed by atoms with Gasteiger partial charge in [0.2, 0.25) is 5.89 Å². The summed E-state index contributed by atoms with van der Waals surface area (Å²) in [6, 6.07) is 11.3. The maximum Gasteiger partial charge on any atom is 0.339 e. The van der Waals surface area contributed by atoms with Crippen molar-refractivity contribution in [3.63, 3.8) is 0 Å². The van der Waals surface area contributed by atoms with Crippen molar-refractivity contribution in [2.75, 3.05) is 0 Å². The van der Waals surface area contributed by atoms with E-state index in [-0.39, 0.29) is 12.5 Å². The van der Waals surface area contributed by atoms with E-state index in [0.29, 0.717) is 17.9 Å². The maximum absolute atomic E-state index is 13.0. The zero-order valence-electron chi connectivity index (χ0n) is 15.7. The number of ether oxygens (including phenoxy) is 1. The molecule has 0 spiro atoms. The van der Waals surface area contributed by atoms with E-state index in [4.69, 9.17) is 18.6 Å². The van der Waals surface area contributed by atoms with Gasteiger partial charge in [-0.2, -0.15) is 0 Å². The average Bonchev–Trinajstić information content (AvgIpc) is 3.47. The summed E-state index contributed by atoms with van der Waals surface area (Å²) in [7, 11) is 0. The lowest BCUT2D eigenvalue weighted by Gasteiger charge is -2.11. The molecule has 0 radical (unpaired) electrons. The van der Waals surface area contributed by atoms with Crippen molar-refractivity contribution in [1.82, 2.24) is 15.2 Å². The van der Waals surface area contributed by atoms with Gasteiger partial charge in [0.05, 0.1) is 23.0 Å². The molecule has 3 aromatic heterocycles. The van der Waals surface area contributed by atoms with Crippen LogP contribution < -0.4 is 0 Å². The molecule has 144 valence electrons. The van der Waals surface area contributed by atoms with Crippen molar-refractivity contribution in [2.24, 2.45) is 0 Å². The largest absolute Gasteiger partial charge is 0.465 e. The van der Waals surface area contributed by atoms with E-state index in [1.165, 1.54) is 0 Å². The van der Waals surface area contributed by atoms with Gasteiger partial charge in [-0.1, -0.05) is 18.2 Å². The molecule has 0 amide bonds. The number of allylic oxidation sites excluding steroid dienone is 1. The lowest BCUT2D eigenvalue weighted by Crippen LogP contribution is -2.10. The Morgan fingerprint density at radius 1 is 1.17 bits per heavy atom. The van der Waals surface area contributed by atoms with Gasteiger partial charge in [0, 0.05) is 12.3 Å². The molecule has 1 aliphatic carbocycles. The lowest BCUT2D eigenvalue weighted by molar-refractivity contribution is 0.0438. The van der Waals surface area contributed by atoms with Gasteiger partial charge in [-0.05, 0) is 48.3 Å². The van der Waals surface area contributed by atoms with Gasteiger partial charge in [0.1, 0.15) is 5.76 Å². The monoisotopic (exact) mass is 387 g/mol. The smallest absolute Gasteiger partial charge is 0.339 e. The summed E-state index contributed by atoms with van der Waals surface area (Å²) in [5, 5.41) is 8.41. The first-order valence-electron chi connectivity index (χ1n) is 9.31. The van der Waals surface area contributed by atoms with Gasteiger partial charge in [-0.25, -0.2) is 9.78 Å². The summed E-state index contributed by atoms with van der Waals surface area (Å²) < 4.78 is 16.2. The number of aryl methyl sites for hydroxylation is 1. The molecule has 0 bridgehead atoms. The number of rotatable bonds is 4. The number of carbonyl (C=O) groups is 1. The van der Waals surface area contributed by atoms with Crippen molar-refractivity contribution < 1.29 is 18.4 Å². The van der Waals surface area contributed by atoms with E-state index in [0.717, 1.165) is 39.9 Å². The normalized spacial score (nSPS) is 14.4. The molecule has 4 aromatic rings. The van der Waals surface area contributed by atoms with Crippen molar-refractivity contribution in [2.45, 2.75) is 26.4 Å². The number of para-hydroxylation sites is 1. The highest BCUT2D eigenvalue weighted by atomic mass is 16.5. The standard InChI is InChI=1S/C22H17N3O4/c1-13-24-25-19(29-13)12-28-22(26)20-16-6-2-3-7-18(16)23-21-14(8-9-17(20)21)11-15-5-4-10-27-15/h2-7,10-11H,8-9,12H2,1H3. The fraction of sp³-hybridized carbons (Fsp3) is 0.182. The van der Waals surface area contributed by atoms with E-state index in [2.05, 4.69) is 10.2 Å². The topological polar surface area (TPSA) is 91.2 Å². The second kappa shape index (κ2) is 7.01. The van der Waals surface area contributed by atoms with Crippen LogP contribution in [0.5, 0.6) is 0 Å². The highest BCUT2D eigenvalue weighted by Crippen LogP contribution is 2.37. The zero-order chi connectivity index (χ0) is 19.8. The number of benzene rings is 1. The van der Waals surface area contributed by atoms with Crippen molar-refractivity contribution >= 4 is 28.5 Å². The van der Waals surface area contributed by atoms with Crippen LogP contribution in [0.3, 0.4) is 0 Å². The molecule has 0 saturated heterocycles. The maximum atomic E-state index is 13.0. The number of pyridine rings is 1. The molecule has 0 atom stereocenters. The average molecular weight is 387 g/mol. The molecule has 3 heterocycles. The highest BCUT2D eigenvalue weighted by molar-refractivity contribution is 6.07. The Morgan fingerprint density at radius 3 is 2.86 bits per heavy atom. The first kappa shape index (κ1) is 17.4. The number of furan rings is 1. The Balaban J connectivity index is 1.56. The molecule has 1 aliphatic rings. The van der Waals surface area contributed by atoms with Crippen LogP contribution >= 0.6 is 0 Å². The summed E-state index contributed by atoms with van der Waals surface area (Å²) in [4.78, 5) is 17.9. The second-order valence-corrected chi connectivity index (χ2v) is 6.81. The number of esters is 1. The molecule has 7 heteroatoms. The van der Waals surface area contributed by atoms with E-state index >= 15 is 0 Å². The van der Waals surface area contributed by atoms with E-state index < -0.39 is 5.97 Å². The van der Waals surface area contributed by atoms with Crippen molar-refractivity contribution in [3.8, 4) is 0 Å². The minimum absolute atomic E-state index is 0.0693. The second-order valence-electron chi connectivity index (χ2n) is 6.81. The van der Waals surface area contributed by atoms with Crippen LogP contribution in [0.1, 0.15) is 45.6 Å². The number of hydrogen-bond donors (Lipinski definition) is 0. The minimum Gasteiger partial charge on any atom is -0.465 e.